The maximum Gasteiger partial charge on any atom is 0.312 e. The number of nitrogen functional groups attached to an aromatic ring is 1. The molecule has 0 saturated carbocycles. The number of anilines is 1. The van der Waals surface area contributed by atoms with Crippen molar-refractivity contribution in [3.8, 4) is 5.75 Å². The summed E-state index contributed by atoms with van der Waals surface area (Å²) in [5.41, 5.74) is 9.16. The number of nitrogens with zero attached hydrogens (tertiary/aromatic N) is 3. The second kappa shape index (κ2) is 16.3. The molecule has 8 nitrogen and oxygen atoms in total. The molecule has 4 aromatic rings. The van der Waals surface area contributed by atoms with Crippen molar-refractivity contribution in [2.45, 2.75) is 86.0 Å². The molecule has 49 heavy (non-hydrogen) atoms. The second-order valence-electron chi connectivity index (χ2n) is 14.6. The Morgan fingerprint density at radius 1 is 0.939 bits per heavy atom. The van der Waals surface area contributed by atoms with E-state index >= 15 is 0 Å². The number of halogens is 4. The van der Waals surface area contributed by atoms with Crippen LogP contribution in [0.25, 0.3) is 21.9 Å². The molecule has 0 radical (unpaired) electrons. The van der Waals surface area contributed by atoms with Crippen LogP contribution in [0, 0.1) is 34.1 Å². The Kier molecular flexibility index (Phi) is 12.6. The molecular formula is C37H49F4N5O3. The fraction of sp³-hybridized carbons (Fsp3) is 0.541. The third kappa shape index (κ3) is 10.1. The predicted molar refractivity (Wildman–Crippen MR) is 184 cm³/mol. The van der Waals surface area contributed by atoms with Gasteiger partial charge in [-0.25, -0.2) is 18.7 Å². The van der Waals surface area contributed by atoms with E-state index in [0.717, 1.165) is 85.8 Å². The van der Waals surface area contributed by atoms with Gasteiger partial charge in [-0.15, -0.1) is 0 Å². The van der Waals surface area contributed by atoms with Crippen LogP contribution in [0.3, 0.4) is 0 Å². The molecule has 4 rings (SSSR count). The Bertz CT molecular complexity index is 1730. The van der Waals surface area contributed by atoms with Gasteiger partial charge in [0.25, 0.3) is 0 Å². The van der Waals surface area contributed by atoms with Gasteiger partial charge in [0.05, 0.1) is 30.7 Å². The summed E-state index contributed by atoms with van der Waals surface area (Å²) in [6.07, 6.45) is 6.83. The van der Waals surface area contributed by atoms with E-state index in [1.807, 2.05) is 12.1 Å². The number of H-pyrrole nitrogens is 1. The largest absolute Gasteiger partial charge is 0.420 e. The number of carbonyl (C=O) groups excluding carboxylic acids is 1. The van der Waals surface area contributed by atoms with Crippen molar-refractivity contribution in [1.29, 1.82) is 0 Å². The number of pyridine rings is 1. The lowest BCUT2D eigenvalue weighted by atomic mass is 9.90. The SMILES string of the molecule is CCCCc1nc2c(N)nc3cccc(CCCCCN(C)CC(C)(C)COCC(C)(C)CC(=O)Oc4c(F)c(F)cc(F)c4F)c3c2[nH]1. The molecule has 0 aliphatic rings. The first-order chi connectivity index (χ1) is 23.1. The zero-order chi connectivity index (χ0) is 35.9. The molecule has 0 spiro atoms. The molecular weight excluding hydrogens is 638 g/mol. The van der Waals surface area contributed by atoms with Crippen LogP contribution in [0.5, 0.6) is 5.75 Å². The fourth-order valence-electron chi connectivity index (χ4n) is 6.18. The number of imidazole rings is 1. The maximum absolute atomic E-state index is 13.9. The molecule has 3 N–H and O–H groups in total. The van der Waals surface area contributed by atoms with Crippen molar-refractivity contribution < 1.29 is 31.8 Å². The number of carbonyl (C=O) groups is 1. The Morgan fingerprint density at radius 3 is 2.33 bits per heavy atom. The van der Waals surface area contributed by atoms with Gasteiger partial charge < -0.3 is 25.1 Å². The van der Waals surface area contributed by atoms with E-state index < -0.39 is 40.4 Å². The zero-order valence-electron chi connectivity index (χ0n) is 29.5. The van der Waals surface area contributed by atoms with Crippen LogP contribution in [0.15, 0.2) is 24.3 Å². The highest BCUT2D eigenvalue weighted by atomic mass is 19.2. The first-order valence-electron chi connectivity index (χ1n) is 17.0. The minimum atomic E-state index is -1.76. The molecule has 2 aromatic carbocycles. The minimum absolute atomic E-state index is 0.0589. The number of aromatic nitrogens is 3. The number of esters is 1. The lowest BCUT2D eigenvalue weighted by Crippen LogP contribution is -2.36. The summed E-state index contributed by atoms with van der Waals surface area (Å²) in [6.45, 7) is 12.1. The molecule has 0 aliphatic heterocycles. The van der Waals surface area contributed by atoms with Crippen molar-refractivity contribution in [1.82, 2.24) is 19.9 Å². The van der Waals surface area contributed by atoms with Gasteiger partial charge in [-0.3, -0.25) is 4.79 Å². The van der Waals surface area contributed by atoms with E-state index in [9.17, 15) is 22.4 Å². The number of hydrogen-bond donors (Lipinski definition) is 2. The topological polar surface area (TPSA) is 106 Å². The van der Waals surface area contributed by atoms with Gasteiger partial charge in [0, 0.05) is 29.8 Å². The number of rotatable bonds is 18. The smallest absolute Gasteiger partial charge is 0.312 e. The van der Waals surface area contributed by atoms with Crippen LogP contribution in [0.4, 0.5) is 23.4 Å². The Hall–Kier alpha value is -3.77. The summed E-state index contributed by atoms with van der Waals surface area (Å²) in [4.78, 5) is 27.6. The van der Waals surface area contributed by atoms with Gasteiger partial charge in [0.2, 0.25) is 17.4 Å². The van der Waals surface area contributed by atoms with Gasteiger partial charge in [0.15, 0.2) is 17.5 Å². The van der Waals surface area contributed by atoms with Crippen LogP contribution < -0.4 is 10.5 Å². The predicted octanol–water partition coefficient (Wildman–Crippen LogP) is 8.30. The standard InChI is InChI=1S/C37H49F4N5O3/c1-7-8-16-27-44-32-29-23(14-12-15-26(29)43-35(42)33(32)45-27)13-10-9-11-17-46(6)20-37(4,5)22-48-21-36(2,3)19-28(47)49-34-30(40)24(38)18-25(39)31(34)41/h12,14-15,18H,7-11,13,16-17,19-22H2,1-6H3,(H2,42,43)(H,44,45). The number of unbranched alkanes of at least 4 members (excludes halogenated alkanes) is 3. The van der Waals surface area contributed by atoms with Crippen molar-refractivity contribution in [3.05, 3.63) is 58.9 Å². The molecule has 0 fully saturated rings. The Balaban J connectivity index is 1.20. The van der Waals surface area contributed by atoms with Crippen LogP contribution in [-0.4, -0.2) is 59.2 Å². The van der Waals surface area contributed by atoms with Crippen LogP contribution in [0.2, 0.25) is 0 Å². The summed E-state index contributed by atoms with van der Waals surface area (Å²) in [5, 5.41) is 1.10. The zero-order valence-corrected chi connectivity index (χ0v) is 29.5. The van der Waals surface area contributed by atoms with Gasteiger partial charge in [-0.1, -0.05) is 59.6 Å². The number of hydrogen-bond acceptors (Lipinski definition) is 7. The Labute approximate surface area is 285 Å². The number of aromatic amines is 1. The highest BCUT2D eigenvalue weighted by Gasteiger charge is 2.29. The second-order valence-corrected chi connectivity index (χ2v) is 14.6. The van der Waals surface area contributed by atoms with Gasteiger partial charge in [-0.05, 0) is 56.3 Å². The summed E-state index contributed by atoms with van der Waals surface area (Å²) in [7, 11) is 2.08. The number of nitrogens with one attached hydrogen (secondary N) is 1. The number of nitrogens with two attached hydrogens (primary N) is 1. The quantitative estimate of drug-likeness (QED) is 0.0356. The normalized spacial score (nSPS) is 12.5. The summed E-state index contributed by atoms with van der Waals surface area (Å²) in [5.74, 6) is -7.81. The molecule has 0 atom stereocenters. The van der Waals surface area contributed by atoms with Crippen molar-refractivity contribution in [2.24, 2.45) is 10.8 Å². The molecule has 268 valence electrons. The van der Waals surface area contributed by atoms with E-state index in [0.29, 0.717) is 12.4 Å². The van der Waals surface area contributed by atoms with Crippen LogP contribution in [-0.2, 0) is 22.4 Å². The Morgan fingerprint density at radius 2 is 1.63 bits per heavy atom. The highest BCUT2D eigenvalue weighted by molar-refractivity contribution is 6.07. The highest BCUT2D eigenvalue weighted by Crippen LogP contribution is 2.31. The monoisotopic (exact) mass is 687 g/mol. The maximum atomic E-state index is 13.9. The fourth-order valence-corrected chi connectivity index (χ4v) is 6.18. The molecule has 12 heteroatoms. The van der Waals surface area contributed by atoms with E-state index in [1.54, 1.807) is 13.8 Å². The molecule has 0 amide bonds. The summed E-state index contributed by atoms with van der Waals surface area (Å²) in [6, 6.07) is 6.26. The van der Waals surface area contributed by atoms with Crippen LogP contribution >= 0.6 is 0 Å². The third-order valence-corrected chi connectivity index (χ3v) is 8.46. The number of benzene rings is 2. The van der Waals surface area contributed by atoms with E-state index in [-0.39, 0.29) is 24.5 Å². The first kappa shape index (κ1) is 38.0. The average molecular weight is 688 g/mol. The summed E-state index contributed by atoms with van der Waals surface area (Å²) >= 11 is 0. The van der Waals surface area contributed by atoms with E-state index in [4.69, 9.17) is 15.5 Å². The van der Waals surface area contributed by atoms with Crippen molar-refractivity contribution in [2.75, 3.05) is 39.1 Å². The lowest BCUT2D eigenvalue weighted by molar-refractivity contribution is -0.138. The van der Waals surface area contributed by atoms with Crippen LogP contribution in [0.1, 0.15) is 84.5 Å². The molecule has 2 heterocycles. The molecule has 0 unspecified atom stereocenters. The first-order valence-corrected chi connectivity index (χ1v) is 17.0. The van der Waals surface area contributed by atoms with Crippen molar-refractivity contribution in [3.63, 3.8) is 0 Å². The molecule has 0 bridgehead atoms. The molecule has 0 aliphatic carbocycles. The number of aryl methyl sites for hydroxylation is 2. The number of ether oxygens (including phenoxy) is 2. The molecule has 0 saturated heterocycles. The average Bonchev–Trinajstić information content (AvgIpc) is 3.45. The van der Waals surface area contributed by atoms with Gasteiger partial charge >= 0.3 is 5.97 Å². The van der Waals surface area contributed by atoms with E-state index in [1.165, 1.54) is 5.56 Å². The van der Waals surface area contributed by atoms with E-state index in [2.05, 4.69) is 53.5 Å². The number of fused-ring (bicyclic) bond motifs is 3. The van der Waals surface area contributed by atoms with Crippen molar-refractivity contribution >= 4 is 33.7 Å². The van der Waals surface area contributed by atoms with Gasteiger partial charge in [-0.2, -0.15) is 8.78 Å². The van der Waals surface area contributed by atoms with Gasteiger partial charge in [0.1, 0.15) is 11.3 Å². The minimum Gasteiger partial charge on any atom is -0.420 e. The lowest BCUT2D eigenvalue weighted by Gasteiger charge is -2.32. The summed E-state index contributed by atoms with van der Waals surface area (Å²) < 4.78 is 65.4. The molecule has 2 aromatic heterocycles. The third-order valence-electron chi connectivity index (χ3n) is 8.46.